The second kappa shape index (κ2) is 3.41. The van der Waals surface area contributed by atoms with E-state index < -0.39 is 5.97 Å². The van der Waals surface area contributed by atoms with Crippen LogP contribution >= 0.6 is 0 Å². The molecule has 1 aliphatic carbocycles. The summed E-state index contributed by atoms with van der Waals surface area (Å²) in [5.41, 5.74) is 2.50. The van der Waals surface area contributed by atoms with Crippen LogP contribution in [0, 0.1) is 0 Å². The summed E-state index contributed by atoms with van der Waals surface area (Å²) in [6.07, 6.45) is 4.15. The lowest BCUT2D eigenvalue weighted by atomic mass is 9.94. The first-order valence-corrected chi connectivity index (χ1v) is 5.34. The highest BCUT2D eigenvalue weighted by Gasteiger charge is 2.22. The Morgan fingerprint density at radius 3 is 2.94 bits per heavy atom. The summed E-state index contributed by atoms with van der Waals surface area (Å²) in [5, 5.41) is 9.78. The number of hydrogen-bond acceptors (Lipinski definition) is 3. The number of pyridine rings is 1. The van der Waals surface area contributed by atoms with Gasteiger partial charge < -0.3 is 9.67 Å². The van der Waals surface area contributed by atoms with Gasteiger partial charge in [0.05, 0.1) is 0 Å². The van der Waals surface area contributed by atoms with Crippen molar-refractivity contribution in [1.82, 2.24) is 9.55 Å². The molecule has 0 amide bonds. The van der Waals surface area contributed by atoms with Crippen LogP contribution in [0.2, 0.25) is 0 Å². The molecule has 0 saturated carbocycles. The number of carbonyl (C=O) groups excluding carboxylic acids is 1. The predicted octanol–water partition coefficient (Wildman–Crippen LogP) is 0.789. The number of ketones is 1. The number of aromatic nitrogens is 2. The van der Waals surface area contributed by atoms with E-state index in [-0.39, 0.29) is 12.3 Å². The maximum Gasteiger partial charge on any atom is 0.323 e. The van der Waals surface area contributed by atoms with E-state index in [9.17, 15) is 9.59 Å². The highest BCUT2D eigenvalue weighted by Crippen LogP contribution is 2.28. The van der Waals surface area contributed by atoms with Crippen LogP contribution < -0.4 is 0 Å². The van der Waals surface area contributed by atoms with Gasteiger partial charge >= 0.3 is 5.97 Å². The van der Waals surface area contributed by atoms with E-state index in [2.05, 4.69) is 4.98 Å². The highest BCUT2D eigenvalue weighted by atomic mass is 16.4. The topological polar surface area (TPSA) is 72.2 Å². The van der Waals surface area contributed by atoms with Crippen LogP contribution in [0.1, 0.15) is 11.1 Å². The van der Waals surface area contributed by atoms with Gasteiger partial charge in [-0.1, -0.05) is 0 Å². The van der Waals surface area contributed by atoms with Crippen molar-refractivity contribution >= 4 is 22.8 Å². The Balaban J connectivity index is 2.26. The Labute approximate surface area is 96.7 Å². The van der Waals surface area contributed by atoms with Gasteiger partial charge in [0.25, 0.3) is 0 Å². The maximum absolute atomic E-state index is 11.6. The quantitative estimate of drug-likeness (QED) is 0.827. The van der Waals surface area contributed by atoms with Gasteiger partial charge in [-0.05, 0) is 17.2 Å². The van der Waals surface area contributed by atoms with E-state index in [0.717, 1.165) is 16.5 Å². The molecule has 0 spiro atoms. The van der Waals surface area contributed by atoms with Crippen molar-refractivity contribution in [3.63, 3.8) is 0 Å². The molecule has 1 N–H and O–H groups in total. The van der Waals surface area contributed by atoms with Gasteiger partial charge in [0.15, 0.2) is 0 Å². The van der Waals surface area contributed by atoms with E-state index >= 15 is 0 Å². The van der Waals surface area contributed by atoms with Crippen molar-refractivity contribution in [1.29, 1.82) is 0 Å². The SMILES string of the molecule is O=C(O)Cn1cc2c3c(ccnc31)CC(=O)C2. The summed E-state index contributed by atoms with van der Waals surface area (Å²) in [7, 11) is 0. The van der Waals surface area contributed by atoms with Crippen LogP contribution in [0.25, 0.3) is 11.0 Å². The van der Waals surface area contributed by atoms with Crippen molar-refractivity contribution in [2.24, 2.45) is 0 Å². The molecule has 17 heavy (non-hydrogen) atoms. The lowest BCUT2D eigenvalue weighted by Gasteiger charge is -2.09. The molecule has 0 atom stereocenters. The molecule has 0 unspecified atom stereocenters. The minimum Gasteiger partial charge on any atom is -0.480 e. The van der Waals surface area contributed by atoms with Gasteiger partial charge in [-0.25, -0.2) is 4.98 Å². The number of rotatable bonds is 2. The Morgan fingerprint density at radius 1 is 1.41 bits per heavy atom. The standard InChI is InChI=1S/C12H10N2O3/c15-9-3-7-1-2-13-12-11(7)8(4-9)5-14(12)6-10(16)17/h1-2,5H,3-4,6H2,(H,16,17). The number of carboxylic acids is 1. The molecule has 0 aromatic carbocycles. The van der Waals surface area contributed by atoms with Crippen molar-refractivity contribution in [3.05, 3.63) is 29.6 Å². The van der Waals surface area contributed by atoms with Gasteiger partial charge in [-0.2, -0.15) is 0 Å². The fourth-order valence-electron chi connectivity index (χ4n) is 2.41. The number of carboxylic acid groups (broad SMARTS) is 1. The molecule has 2 heterocycles. The number of carbonyl (C=O) groups is 2. The molecule has 0 aliphatic heterocycles. The Hall–Kier alpha value is -2.17. The van der Waals surface area contributed by atoms with Crippen LogP contribution in [0.3, 0.4) is 0 Å². The van der Waals surface area contributed by atoms with Crippen LogP contribution in [-0.2, 0) is 29.0 Å². The highest BCUT2D eigenvalue weighted by molar-refractivity contribution is 5.97. The van der Waals surface area contributed by atoms with E-state index in [4.69, 9.17) is 5.11 Å². The lowest BCUT2D eigenvalue weighted by Crippen LogP contribution is -2.11. The average Bonchev–Trinajstić information content (AvgIpc) is 2.57. The first-order chi connectivity index (χ1) is 8.15. The van der Waals surface area contributed by atoms with Gasteiger partial charge in [-0.15, -0.1) is 0 Å². The Kier molecular flexibility index (Phi) is 2.01. The van der Waals surface area contributed by atoms with Gasteiger partial charge in [-0.3, -0.25) is 9.59 Å². The summed E-state index contributed by atoms with van der Waals surface area (Å²) in [4.78, 5) is 26.5. The van der Waals surface area contributed by atoms with Crippen molar-refractivity contribution < 1.29 is 14.7 Å². The zero-order chi connectivity index (χ0) is 12.0. The van der Waals surface area contributed by atoms with Gasteiger partial charge in [0, 0.05) is 30.6 Å². The zero-order valence-electron chi connectivity index (χ0n) is 9.01. The molecule has 5 nitrogen and oxygen atoms in total. The van der Waals surface area contributed by atoms with E-state index in [1.807, 2.05) is 6.07 Å². The third-order valence-electron chi connectivity index (χ3n) is 3.00. The summed E-state index contributed by atoms with van der Waals surface area (Å²) in [5.74, 6) is -0.746. The van der Waals surface area contributed by atoms with E-state index in [1.165, 1.54) is 0 Å². The molecule has 5 heteroatoms. The Morgan fingerprint density at radius 2 is 2.18 bits per heavy atom. The van der Waals surface area contributed by atoms with Crippen molar-refractivity contribution in [2.45, 2.75) is 19.4 Å². The number of aliphatic carboxylic acids is 1. The molecule has 1 aliphatic rings. The first-order valence-electron chi connectivity index (χ1n) is 5.34. The second-order valence-corrected chi connectivity index (χ2v) is 4.24. The average molecular weight is 230 g/mol. The first kappa shape index (κ1) is 10.0. The fraction of sp³-hybridized carbons (Fsp3) is 0.250. The molecular weight excluding hydrogens is 220 g/mol. The lowest BCUT2D eigenvalue weighted by molar-refractivity contribution is -0.137. The molecule has 2 aromatic rings. The minimum absolute atomic E-state index is 0.124. The smallest absolute Gasteiger partial charge is 0.323 e. The molecule has 0 saturated heterocycles. The molecule has 0 fully saturated rings. The normalized spacial score (nSPS) is 14.2. The Bertz CT molecular complexity index is 642. The third kappa shape index (κ3) is 1.51. The summed E-state index contributed by atoms with van der Waals surface area (Å²) in [6.45, 7) is -0.124. The fourth-order valence-corrected chi connectivity index (χ4v) is 2.41. The largest absolute Gasteiger partial charge is 0.480 e. The van der Waals surface area contributed by atoms with E-state index in [0.29, 0.717) is 18.5 Å². The number of nitrogens with zero attached hydrogens (tertiary/aromatic N) is 2. The molecule has 0 bridgehead atoms. The van der Waals surface area contributed by atoms with Crippen LogP contribution in [0.4, 0.5) is 0 Å². The molecule has 2 aromatic heterocycles. The molecular formula is C12H10N2O3. The second-order valence-electron chi connectivity index (χ2n) is 4.24. The molecule has 3 rings (SSSR count). The van der Waals surface area contributed by atoms with Crippen molar-refractivity contribution in [2.75, 3.05) is 0 Å². The van der Waals surface area contributed by atoms with Gasteiger partial charge in [0.1, 0.15) is 18.0 Å². The number of hydrogen-bond donors (Lipinski definition) is 1. The zero-order valence-corrected chi connectivity index (χ0v) is 9.01. The van der Waals surface area contributed by atoms with Crippen LogP contribution in [0.5, 0.6) is 0 Å². The molecule has 86 valence electrons. The van der Waals surface area contributed by atoms with E-state index in [1.54, 1.807) is 17.0 Å². The maximum atomic E-state index is 11.6. The number of Topliss-reactive ketones (excluding diaryl/α,β-unsaturated/α-hetero) is 1. The van der Waals surface area contributed by atoms with Gasteiger partial charge in [0.2, 0.25) is 0 Å². The molecule has 0 radical (unpaired) electrons. The predicted molar refractivity (Wildman–Crippen MR) is 59.8 cm³/mol. The summed E-state index contributed by atoms with van der Waals surface area (Å²) >= 11 is 0. The summed E-state index contributed by atoms with van der Waals surface area (Å²) < 4.78 is 1.59. The monoisotopic (exact) mass is 230 g/mol. The van der Waals surface area contributed by atoms with Crippen LogP contribution in [0.15, 0.2) is 18.5 Å². The van der Waals surface area contributed by atoms with Crippen molar-refractivity contribution in [3.8, 4) is 0 Å². The summed E-state index contributed by atoms with van der Waals surface area (Å²) in [6, 6.07) is 1.83. The van der Waals surface area contributed by atoms with Crippen LogP contribution in [-0.4, -0.2) is 26.4 Å². The third-order valence-corrected chi connectivity index (χ3v) is 3.00. The minimum atomic E-state index is -0.911.